The molecule has 67 valence electrons. The lowest BCUT2D eigenvalue weighted by Gasteiger charge is -2.13. The SMILES string of the molecule is O=C(c1ccccn1)N1C[CH]CC1. The van der Waals surface area contributed by atoms with Crippen molar-refractivity contribution >= 4 is 5.91 Å². The summed E-state index contributed by atoms with van der Waals surface area (Å²) in [7, 11) is 0. The maximum absolute atomic E-state index is 11.7. The van der Waals surface area contributed by atoms with E-state index in [2.05, 4.69) is 11.4 Å². The van der Waals surface area contributed by atoms with Gasteiger partial charge in [-0.3, -0.25) is 9.78 Å². The molecule has 0 aromatic carbocycles. The van der Waals surface area contributed by atoms with Crippen LogP contribution in [0.3, 0.4) is 0 Å². The minimum atomic E-state index is 0.0364. The highest BCUT2D eigenvalue weighted by Crippen LogP contribution is 2.09. The fraction of sp³-hybridized carbons (Fsp3) is 0.300. The summed E-state index contributed by atoms with van der Waals surface area (Å²) in [6, 6.07) is 5.40. The summed E-state index contributed by atoms with van der Waals surface area (Å²) in [6.07, 6.45) is 4.76. The molecule has 0 saturated carbocycles. The Morgan fingerprint density at radius 1 is 1.46 bits per heavy atom. The van der Waals surface area contributed by atoms with Crippen LogP contribution in [0.15, 0.2) is 24.4 Å². The third-order valence-corrected chi connectivity index (χ3v) is 2.12. The van der Waals surface area contributed by atoms with Crippen molar-refractivity contribution in [3.8, 4) is 0 Å². The first-order chi connectivity index (χ1) is 6.38. The van der Waals surface area contributed by atoms with Gasteiger partial charge in [0, 0.05) is 19.3 Å². The highest BCUT2D eigenvalue weighted by atomic mass is 16.2. The standard InChI is InChI=1S/C10H11N2O/c13-10(12-7-3-4-8-12)9-5-1-2-6-11-9/h1-3,5-6H,4,7-8H2. The van der Waals surface area contributed by atoms with Crippen LogP contribution in [-0.4, -0.2) is 28.9 Å². The highest BCUT2D eigenvalue weighted by molar-refractivity contribution is 5.92. The summed E-state index contributed by atoms with van der Waals surface area (Å²) >= 11 is 0. The quantitative estimate of drug-likeness (QED) is 0.641. The van der Waals surface area contributed by atoms with Crippen LogP contribution in [0, 0.1) is 6.42 Å². The van der Waals surface area contributed by atoms with Gasteiger partial charge in [0.15, 0.2) is 0 Å². The lowest BCUT2D eigenvalue weighted by molar-refractivity contribution is 0.0790. The van der Waals surface area contributed by atoms with Crippen molar-refractivity contribution in [3.63, 3.8) is 0 Å². The van der Waals surface area contributed by atoms with Gasteiger partial charge in [-0.1, -0.05) is 6.07 Å². The predicted octanol–water partition coefficient (Wildman–Crippen LogP) is 1.13. The summed E-state index contributed by atoms with van der Waals surface area (Å²) in [6.45, 7) is 1.59. The molecule has 0 aliphatic carbocycles. The molecule has 1 aliphatic rings. The molecule has 1 aromatic heterocycles. The zero-order valence-corrected chi connectivity index (χ0v) is 7.31. The maximum atomic E-state index is 11.7. The van der Waals surface area contributed by atoms with Gasteiger partial charge in [0.1, 0.15) is 5.69 Å². The Morgan fingerprint density at radius 3 is 3.00 bits per heavy atom. The van der Waals surface area contributed by atoms with Crippen LogP contribution in [-0.2, 0) is 0 Å². The summed E-state index contributed by atoms with van der Waals surface area (Å²) in [5, 5.41) is 0. The van der Waals surface area contributed by atoms with E-state index in [0.717, 1.165) is 19.5 Å². The number of nitrogens with zero attached hydrogens (tertiary/aromatic N) is 2. The molecule has 1 aromatic rings. The van der Waals surface area contributed by atoms with Crippen LogP contribution < -0.4 is 0 Å². The van der Waals surface area contributed by atoms with Crippen molar-refractivity contribution in [2.75, 3.05) is 13.1 Å². The van der Waals surface area contributed by atoms with E-state index in [1.807, 2.05) is 17.0 Å². The molecule has 1 radical (unpaired) electrons. The normalized spacial score (nSPS) is 16.2. The molecule has 3 nitrogen and oxygen atoms in total. The van der Waals surface area contributed by atoms with Crippen molar-refractivity contribution in [1.29, 1.82) is 0 Å². The molecule has 1 saturated heterocycles. The van der Waals surface area contributed by atoms with Gasteiger partial charge in [0.05, 0.1) is 0 Å². The minimum Gasteiger partial charge on any atom is -0.337 e. The van der Waals surface area contributed by atoms with Gasteiger partial charge < -0.3 is 4.90 Å². The van der Waals surface area contributed by atoms with E-state index >= 15 is 0 Å². The van der Waals surface area contributed by atoms with E-state index in [4.69, 9.17) is 0 Å². The number of hydrogen-bond acceptors (Lipinski definition) is 2. The number of likely N-dealkylation sites (tertiary alicyclic amines) is 1. The predicted molar refractivity (Wildman–Crippen MR) is 49.1 cm³/mol. The molecule has 1 fully saturated rings. The molecule has 0 bridgehead atoms. The molecule has 13 heavy (non-hydrogen) atoms. The third-order valence-electron chi connectivity index (χ3n) is 2.12. The molecule has 0 unspecified atom stereocenters. The molecule has 2 heterocycles. The average Bonchev–Trinajstić information content (AvgIpc) is 2.71. The molecular weight excluding hydrogens is 164 g/mol. The second kappa shape index (κ2) is 3.56. The first-order valence-electron chi connectivity index (χ1n) is 4.40. The Balaban J connectivity index is 2.13. The van der Waals surface area contributed by atoms with Gasteiger partial charge in [0.25, 0.3) is 5.91 Å². The van der Waals surface area contributed by atoms with Crippen LogP contribution >= 0.6 is 0 Å². The smallest absolute Gasteiger partial charge is 0.272 e. The summed E-state index contributed by atoms with van der Waals surface area (Å²) in [4.78, 5) is 17.5. The minimum absolute atomic E-state index is 0.0364. The Kier molecular flexibility index (Phi) is 2.25. The Morgan fingerprint density at radius 2 is 2.38 bits per heavy atom. The van der Waals surface area contributed by atoms with Gasteiger partial charge in [-0.15, -0.1) is 0 Å². The lowest BCUT2D eigenvalue weighted by atomic mass is 10.3. The number of pyridine rings is 1. The first-order valence-corrected chi connectivity index (χ1v) is 4.40. The Labute approximate surface area is 77.4 Å². The maximum Gasteiger partial charge on any atom is 0.272 e. The Bertz CT molecular complexity index is 291. The fourth-order valence-electron chi connectivity index (χ4n) is 1.42. The van der Waals surface area contributed by atoms with Gasteiger partial charge in [-0.2, -0.15) is 0 Å². The number of amides is 1. The number of hydrogen-bond donors (Lipinski definition) is 0. The summed E-state index contributed by atoms with van der Waals surface area (Å²) in [5.41, 5.74) is 0.540. The van der Waals surface area contributed by atoms with E-state index in [9.17, 15) is 4.79 Å². The average molecular weight is 175 g/mol. The molecule has 1 amide bonds. The zero-order valence-electron chi connectivity index (χ0n) is 7.31. The van der Waals surface area contributed by atoms with E-state index in [-0.39, 0.29) is 5.91 Å². The van der Waals surface area contributed by atoms with Crippen molar-refractivity contribution in [3.05, 3.63) is 36.5 Å². The molecule has 0 atom stereocenters. The number of aromatic nitrogens is 1. The van der Waals surface area contributed by atoms with Crippen LogP contribution in [0.2, 0.25) is 0 Å². The largest absolute Gasteiger partial charge is 0.337 e. The van der Waals surface area contributed by atoms with Crippen LogP contribution in [0.5, 0.6) is 0 Å². The Hall–Kier alpha value is -1.38. The summed E-state index contributed by atoms with van der Waals surface area (Å²) in [5.74, 6) is 0.0364. The van der Waals surface area contributed by atoms with Crippen LogP contribution in [0.25, 0.3) is 0 Å². The van der Waals surface area contributed by atoms with E-state index in [1.54, 1.807) is 12.3 Å². The second-order valence-corrected chi connectivity index (χ2v) is 3.04. The lowest BCUT2D eigenvalue weighted by Crippen LogP contribution is -2.28. The van der Waals surface area contributed by atoms with E-state index in [1.165, 1.54) is 0 Å². The van der Waals surface area contributed by atoms with Gasteiger partial charge >= 0.3 is 0 Å². The fourth-order valence-corrected chi connectivity index (χ4v) is 1.42. The number of carbonyl (C=O) groups excluding carboxylic acids is 1. The van der Waals surface area contributed by atoms with Crippen molar-refractivity contribution in [1.82, 2.24) is 9.88 Å². The van der Waals surface area contributed by atoms with Crippen molar-refractivity contribution in [2.24, 2.45) is 0 Å². The van der Waals surface area contributed by atoms with Gasteiger partial charge in [-0.25, -0.2) is 0 Å². The molecule has 0 spiro atoms. The first kappa shape index (κ1) is 8.23. The van der Waals surface area contributed by atoms with Crippen LogP contribution in [0.1, 0.15) is 16.9 Å². The van der Waals surface area contributed by atoms with Crippen molar-refractivity contribution < 1.29 is 4.79 Å². The number of rotatable bonds is 1. The number of carbonyl (C=O) groups is 1. The van der Waals surface area contributed by atoms with Crippen LogP contribution in [0.4, 0.5) is 0 Å². The molecule has 3 heteroatoms. The molecular formula is C10H11N2O. The van der Waals surface area contributed by atoms with E-state index < -0.39 is 0 Å². The van der Waals surface area contributed by atoms with Gasteiger partial charge in [0.2, 0.25) is 0 Å². The third kappa shape index (κ3) is 1.69. The van der Waals surface area contributed by atoms with E-state index in [0.29, 0.717) is 5.69 Å². The van der Waals surface area contributed by atoms with Gasteiger partial charge in [-0.05, 0) is 25.0 Å². The molecule has 1 aliphatic heterocycles. The highest BCUT2D eigenvalue weighted by Gasteiger charge is 2.19. The second-order valence-electron chi connectivity index (χ2n) is 3.04. The van der Waals surface area contributed by atoms with Crippen molar-refractivity contribution in [2.45, 2.75) is 6.42 Å². The molecule has 2 rings (SSSR count). The monoisotopic (exact) mass is 175 g/mol. The molecule has 0 N–H and O–H groups in total. The summed E-state index contributed by atoms with van der Waals surface area (Å²) < 4.78 is 0. The zero-order chi connectivity index (χ0) is 9.10. The topological polar surface area (TPSA) is 33.2 Å².